The molecule has 1 aromatic rings. The van der Waals surface area contributed by atoms with E-state index in [-0.39, 0.29) is 17.9 Å². The van der Waals surface area contributed by atoms with E-state index in [1.165, 1.54) is 12.8 Å². The average molecular weight is 429 g/mol. The van der Waals surface area contributed by atoms with E-state index in [9.17, 15) is 9.59 Å². The van der Waals surface area contributed by atoms with Gasteiger partial charge in [0.05, 0.1) is 11.6 Å². The van der Waals surface area contributed by atoms with Gasteiger partial charge in [-0.2, -0.15) is 0 Å². The molecular weight excluding hydrogens is 388 g/mol. The highest BCUT2D eigenvalue weighted by molar-refractivity contribution is 5.96. The van der Waals surface area contributed by atoms with Crippen LogP contribution >= 0.6 is 0 Å². The molecule has 3 rings (SSSR count). The third-order valence-electron chi connectivity index (χ3n) is 6.46. The van der Waals surface area contributed by atoms with Gasteiger partial charge in [-0.25, -0.2) is 0 Å². The SMILES string of the molecule is CCN1CCCCCCN(C(=O)CC2CC2)[C@@H](CC(C)C)COc2ccccc2C1=O. The van der Waals surface area contributed by atoms with Gasteiger partial charge < -0.3 is 14.5 Å². The molecule has 2 amide bonds. The summed E-state index contributed by atoms with van der Waals surface area (Å²) in [6.45, 7) is 9.15. The maximum absolute atomic E-state index is 13.2. The van der Waals surface area contributed by atoms with Crippen LogP contribution in [0.5, 0.6) is 5.75 Å². The van der Waals surface area contributed by atoms with Gasteiger partial charge in [0.2, 0.25) is 5.91 Å². The summed E-state index contributed by atoms with van der Waals surface area (Å²) in [5.41, 5.74) is 0.626. The van der Waals surface area contributed by atoms with Crippen LogP contribution in [0.2, 0.25) is 0 Å². The minimum atomic E-state index is 0.0391. The minimum absolute atomic E-state index is 0.0391. The van der Waals surface area contributed by atoms with E-state index in [2.05, 4.69) is 18.7 Å². The highest BCUT2D eigenvalue weighted by Crippen LogP contribution is 2.33. The molecule has 1 aromatic carbocycles. The van der Waals surface area contributed by atoms with E-state index in [1.807, 2.05) is 36.1 Å². The van der Waals surface area contributed by atoms with E-state index in [1.54, 1.807) is 0 Å². The van der Waals surface area contributed by atoms with E-state index >= 15 is 0 Å². The lowest BCUT2D eigenvalue weighted by Crippen LogP contribution is -2.45. The molecule has 5 nitrogen and oxygen atoms in total. The molecule has 1 aliphatic heterocycles. The Hall–Kier alpha value is -2.04. The summed E-state index contributed by atoms with van der Waals surface area (Å²) in [6, 6.07) is 7.60. The highest BCUT2D eigenvalue weighted by atomic mass is 16.5. The van der Waals surface area contributed by atoms with Crippen molar-refractivity contribution < 1.29 is 14.3 Å². The number of rotatable bonds is 5. The van der Waals surface area contributed by atoms with Gasteiger partial charge in [-0.05, 0) is 63.0 Å². The zero-order valence-corrected chi connectivity index (χ0v) is 19.6. The van der Waals surface area contributed by atoms with Gasteiger partial charge in [0.25, 0.3) is 5.91 Å². The van der Waals surface area contributed by atoms with Crippen molar-refractivity contribution in [1.29, 1.82) is 0 Å². The molecule has 172 valence electrons. The number of ether oxygens (including phenoxy) is 1. The third kappa shape index (κ3) is 6.98. The molecule has 1 heterocycles. The standard InChI is InChI=1S/C26H40N2O3/c1-4-27-15-9-5-6-10-16-28(25(29)18-21-13-14-21)22(17-20(2)3)19-31-24-12-8-7-11-23(24)26(27)30/h7-8,11-12,20-22H,4-6,9-10,13-19H2,1-3H3/t22-/m0/s1. The van der Waals surface area contributed by atoms with Crippen LogP contribution in [0, 0.1) is 11.8 Å². The zero-order chi connectivity index (χ0) is 22.2. The summed E-state index contributed by atoms with van der Waals surface area (Å²) in [7, 11) is 0. The van der Waals surface area contributed by atoms with Gasteiger partial charge in [-0.1, -0.05) is 38.8 Å². The number of fused-ring (bicyclic) bond motifs is 1. The highest BCUT2D eigenvalue weighted by Gasteiger charge is 2.31. The Morgan fingerprint density at radius 3 is 2.48 bits per heavy atom. The fourth-order valence-corrected chi connectivity index (χ4v) is 4.49. The molecule has 1 saturated carbocycles. The van der Waals surface area contributed by atoms with Crippen molar-refractivity contribution in [3.8, 4) is 5.75 Å². The summed E-state index contributed by atoms with van der Waals surface area (Å²) < 4.78 is 6.27. The van der Waals surface area contributed by atoms with Crippen LogP contribution in [-0.4, -0.2) is 53.9 Å². The number of amides is 2. The van der Waals surface area contributed by atoms with Gasteiger partial charge in [0.1, 0.15) is 12.4 Å². The average Bonchev–Trinajstić information content (AvgIpc) is 3.56. The van der Waals surface area contributed by atoms with E-state index in [4.69, 9.17) is 4.74 Å². The first-order valence-electron chi connectivity index (χ1n) is 12.3. The first-order chi connectivity index (χ1) is 15.0. The fraction of sp³-hybridized carbons (Fsp3) is 0.692. The summed E-state index contributed by atoms with van der Waals surface area (Å²) in [5, 5.41) is 0. The molecule has 1 atom stereocenters. The zero-order valence-electron chi connectivity index (χ0n) is 19.6. The van der Waals surface area contributed by atoms with Crippen molar-refractivity contribution in [2.75, 3.05) is 26.2 Å². The van der Waals surface area contributed by atoms with E-state index < -0.39 is 0 Å². The molecule has 31 heavy (non-hydrogen) atoms. The van der Waals surface area contributed by atoms with Crippen molar-refractivity contribution in [2.24, 2.45) is 11.8 Å². The normalized spacial score (nSPS) is 21.4. The van der Waals surface area contributed by atoms with Gasteiger partial charge in [-0.15, -0.1) is 0 Å². The lowest BCUT2D eigenvalue weighted by atomic mass is 10.0. The Balaban J connectivity index is 1.84. The Kier molecular flexibility index (Phi) is 8.79. The number of para-hydroxylation sites is 1. The second kappa shape index (κ2) is 11.5. The summed E-state index contributed by atoms with van der Waals surface area (Å²) in [5.74, 6) is 2.00. The summed E-state index contributed by atoms with van der Waals surface area (Å²) in [6.07, 6.45) is 8.15. The van der Waals surface area contributed by atoms with Crippen LogP contribution < -0.4 is 4.74 Å². The number of hydrogen-bond acceptors (Lipinski definition) is 3. The van der Waals surface area contributed by atoms with E-state index in [0.717, 1.165) is 45.2 Å². The van der Waals surface area contributed by atoms with Crippen LogP contribution in [0.1, 0.15) is 82.5 Å². The van der Waals surface area contributed by atoms with Gasteiger partial charge in [-0.3, -0.25) is 9.59 Å². The van der Waals surface area contributed by atoms with Gasteiger partial charge in [0.15, 0.2) is 0 Å². The molecule has 0 spiro atoms. The van der Waals surface area contributed by atoms with Crippen molar-refractivity contribution in [2.45, 2.75) is 78.2 Å². The Bertz CT molecular complexity index is 729. The fourth-order valence-electron chi connectivity index (χ4n) is 4.49. The second-order valence-corrected chi connectivity index (χ2v) is 9.62. The maximum Gasteiger partial charge on any atom is 0.257 e. The van der Waals surface area contributed by atoms with Crippen LogP contribution in [0.3, 0.4) is 0 Å². The van der Waals surface area contributed by atoms with Crippen molar-refractivity contribution >= 4 is 11.8 Å². The first kappa shape index (κ1) is 23.6. The van der Waals surface area contributed by atoms with E-state index in [0.29, 0.717) is 42.7 Å². The Labute approximate surface area is 188 Å². The first-order valence-corrected chi connectivity index (χ1v) is 12.3. The molecule has 5 heteroatoms. The molecule has 0 unspecified atom stereocenters. The molecule has 1 aliphatic carbocycles. The quantitative estimate of drug-likeness (QED) is 0.652. The summed E-state index contributed by atoms with van der Waals surface area (Å²) in [4.78, 5) is 30.4. The van der Waals surface area contributed by atoms with Crippen LogP contribution in [0.25, 0.3) is 0 Å². The predicted molar refractivity (Wildman–Crippen MR) is 124 cm³/mol. The lowest BCUT2D eigenvalue weighted by Gasteiger charge is -2.34. The molecule has 1 fully saturated rings. The molecule has 0 radical (unpaired) electrons. The van der Waals surface area contributed by atoms with Crippen molar-refractivity contribution in [1.82, 2.24) is 9.80 Å². The largest absolute Gasteiger partial charge is 0.491 e. The Morgan fingerprint density at radius 1 is 1.10 bits per heavy atom. The lowest BCUT2D eigenvalue weighted by molar-refractivity contribution is -0.135. The topological polar surface area (TPSA) is 49.9 Å². The van der Waals surface area contributed by atoms with Gasteiger partial charge in [0, 0.05) is 26.1 Å². The minimum Gasteiger partial charge on any atom is -0.491 e. The second-order valence-electron chi connectivity index (χ2n) is 9.62. The smallest absolute Gasteiger partial charge is 0.257 e. The number of benzene rings is 1. The monoisotopic (exact) mass is 428 g/mol. The molecule has 2 aliphatic rings. The van der Waals surface area contributed by atoms with Gasteiger partial charge >= 0.3 is 0 Å². The molecule has 0 saturated heterocycles. The molecule has 0 N–H and O–H groups in total. The number of carbonyl (C=O) groups excluding carboxylic acids is 2. The number of nitrogens with zero attached hydrogens (tertiary/aromatic N) is 2. The molecule has 0 aromatic heterocycles. The van der Waals surface area contributed by atoms with Crippen LogP contribution in [0.4, 0.5) is 0 Å². The summed E-state index contributed by atoms with van der Waals surface area (Å²) >= 11 is 0. The predicted octanol–water partition coefficient (Wildman–Crippen LogP) is 5.14. The Morgan fingerprint density at radius 2 is 1.81 bits per heavy atom. The molecule has 0 bridgehead atoms. The van der Waals surface area contributed by atoms with Crippen LogP contribution in [0.15, 0.2) is 24.3 Å². The maximum atomic E-state index is 13.2. The van der Waals surface area contributed by atoms with Crippen molar-refractivity contribution in [3.63, 3.8) is 0 Å². The number of carbonyl (C=O) groups is 2. The number of hydrogen-bond donors (Lipinski definition) is 0. The molecular formula is C26H40N2O3. The third-order valence-corrected chi connectivity index (χ3v) is 6.46. The van der Waals surface area contributed by atoms with Crippen molar-refractivity contribution in [3.05, 3.63) is 29.8 Å². The van der Waals surface area contributed by atoms with Crippen LogP contribution in [-0.2, 0) is 4.79 Å².